The number of anilines is 1. The molecule has 1 aliphatic rings. The number of amides is 1. The molecule has 0 aliphatic carbocycles. The summed E-state index contributed by atoms with van der Waals surface area (Å²) in [5, 5.41) is 3.79. The quantitative estimate of drug-likeness (QED) is 0.657. The normalized spacial score (nSPS) is 15.1. The first kappa shape index (κ1) is 18.7. The van der Waals surface area contributed by atoms with Crippen LogP contribution in [-0.2, 0) is 4.74 Å². The first-order valence-corrected chi connectivity index (χ1v) is 9.99. The van der Waals surface area contributed by atoms with Crippen molar-refractivity contribution in [2.75, 3.05) is 38.3 Å². The maximum atomic E-state index is 12.7. The van der Waals surface area contributed by atoms with E-state index >= 15 is 0 Å². The minimum atomic E-state index is -0.264. The van der Waals surface area contributed by atoms with Gasteiger partial charge in [-0.25, -0.2) is 9.97 Å². The summed E-state index contributed by atoms with van der Waals surface area (Å²) in [6.45, 7) is 2.96. The molecular formula is C21H26N4O3. The number of carbonyl (C=O) groups is 1. The standard InChI is InChI=1S/C21H26N4O3/c1-27-14-8-11-22-21(26)19-23-17-15-9-4-5-10-16(15)28-18(17)20(24-19)25-12-6-2-3-7-13-25/h4-5,9-10H,2-3,6-8,11-14H2,1H3,(H,22,26). The van der Waals surface area contributed by atoms with Crippen molar-refractivity contribution in [3.05, 3.63) is 30.1 Å². The Bertz CT molecular complexity index is 961. The minimum absolute atomic E-state index is 0.190. The molecule has 4 rings (SSSR count). The Morgan fingerprint density at radius 2 is 1.96 bits per heavy atom. The molecule has 1 aromatic carbocycles. The Labute approximate surface area is 164 Å². The number of aromatic nitrogens is 2. The molecule has 0 radical (unpaired) electrons. The highest BCUT2D eigenvalue weighted by Gasteiger charge is 2.23. The van der Waals surface area contributed by atoms with Crippen LogP contribution in [0, 0.1) is 0 Å². The Kier molecular flexibility index (Phi) is 5.71. The first-order valence-electron chi connectivity index (χ1n) is 9.99. The molecule has 1 saturated heterocycles. The van der Waals surface area contributed by atoms with Gasteiger partial charge in [-0.1, -0.05) is 25.0 Å². The molecule has 1 fully saturated rings. The number of para-hydroxylation sites is 1. The average molecular weight is 382 g/mol. The second-order valence-electron chi connectivity index (χ2n) is 7.15. The van der Waals surface area contributed by atoms with Crippen molar-refractivity contribution in [2.24, 2.45) is 0 Å². The summed E-state index contributed by atoms with van der Waals surface area (Å²) in [6.07, 6.45) is 5.42. The first-order chi connectivity index (χ1) is 13.8. The van der Waals surface area contributed by atoms with Crippen LogP contribution in [0.2, 0.25) is 0 Å². The lowest BCUT2D eigenvalue weighted by molar-refractivity contribution is 0.0938. The van der Waals surface area contributed by atoms with Gasteiger partial charge in [0.15, 0.2) is 11.4 Å². The molecule has 0 spiro atoms. The Balaban J connectivity index is 1.75. The minimum Gasteiger partial charge on any atom is -0.450 e. The van der Waals surface area contributed by atoms with Crippen molar-refractivity contribution in [3.8, 4) is 0 Å². The van der Waals surface area contributed by atoms with Gasteiger partial charge in [-0.3, -0.25) is 4.79 Å². The van der Waals surface area contributed by atoms with E-state index in [2.05, 4.69) is 20.2 Å². The SMILES string of the molecule is COCCCNC(=O)c1nc(N2CCCCCC2)c2oc3ccccc3c2n1. The fourth-order valence-corrected chi connectivity index (χ4v) is 3.67. The number of fused-ring (bicyclic) bond motifs is 3. The number of carbonyl (C=O) groups excluding carboxylic acids is 1. The molecule has 0 atom stereocenters. The third kappa shape index (κ3) is 3.80. The van der Waals surface area contributed by atoms with Gasteiger partial charge in [0, 0.05) is 38.7 Å². The predicted molar refractivity (Wildman–Crippen MR) is 109 cm³/mol. The molecule has 2 aromatic heterocycles. The van der Waals surface area contributed by atoms with Crippen LogP contribution in [0.1, 0.15) is 42.7 Å². The second kappa shape index (κ2) is 8.56. The van der Waals surface area contributed by atoms with Gasteiger partial charge in [-0.2, -0.15) is 0 Å². The summed E-state index contributed by atoms with van der Waals surface area (Å²) in [5.74, 6) is 0.653. The topological polar surface area (TPSA) is 80.5 Å². The number of nitrogens with one attached hydrogen (secondary N) is 1. The van der Waals surface area contributed by atoms with E-state index in [0.29, 0.717) is 24.3 Å². The lowest BCUT2D eigenvalue weighted by Crippen LogP contribution is -2.29. The predicted octanol–water partition coefficient (Wildman–Crippen LogP) is 3.52. The largest absolute Gasteiger partial charge is 0.450 e. The summed E-state index contributed by atoms with van der Waals surface area (Å²) < 4.78 is 11.1. The highest BCUT2D eigenvalue weighted by molar-refractivity contribution is 6.07. The smallest absolute Gasteiger partial charge is 0.289 e. The summed E-state index contributed by atoms with van der Waals surface area (Å²) in [7, 11) is 1.65. The van der Waals surface area contributed by atoms with Gasteiger partial charge in [0.2, 0.25) is 5.82 Å². The molecule has 1 aliphatic heterocycles. The highest BCUT2D eigenvalue weighted by atomic mass is 16.5. The van der Waals surface area contributed by atoms with Gasteiger partial charge < -0.3 is 19.4 Å². The number of methoxy groups -OCH3 is 1. The average Bonchev–Trinajstić information content (AvgIpc) is 2.89. The zero-order valence-corrected chi connectivity index (χ0v) is 16.2. The molecule has 0 bridgehead atoms. The van der Waals surface area contributed by atoms with E-state index in [1.807, 2.05) is 24.3 Å². The fraction of sp³-hybridized carbons (Fsp3) is 0.476. The Morgan fingerprint density at radius 1 is 1.18 bits per heavy atom. The van der Waals surface area contributed by atoms with Crippen LogP contribution in [0.25, 0.3) is 22.1 Å². The monoisotopic (exact) mass is 382 g/mol. The summed E-state index contributed by atoms with van der Waals surface area (Å²) in [4.78, 5) is 24.1. The van der Waals surface area contributed by atoms with Crippen LogP contribution in [0.5, 0.6) is 0 Å². The molecule has 148 valence electrons. The molecule has 7 nitrogen and oxygen atoms in total. The van der Waals surface area contributed by atoms with Crippen LogP contribution >= 0.6 is 0 Å². The Morgan fingerprint density at radius 3 is 2.75 bits per heavy atom. The van der Waals surface area contributed by atoms with Crippen molar-refractivity contribution >= 4 is 33.8 Å². The van der Waals surface area contributed by atoms with Crippen molar-refractivity contribution < 1.29 is 13.9 Å². The summed E-state index contributed by atoms with van der Waals surface area (Å²) >= 11 is 0. The van der Waals surface area contributed by atoms with Gasteiger partial charge in [0.1, 0.15) is 11.1 Å². The zero-order chi connectivity index (χ0) is 19.3. The van der Waals surface area contributed by atoms with Crippen molar-refractivity contribution in [1.29, 1.82) is 0 Å². The number of nitrogens with zero attached hydrogens (tertiary/aromatic N) is 3. The van der Waals surface area contributed by atoms with Crippen LogP contribution in [-0.4, -0.2) is 49.2 Å². The van der Waals surface area contributed by atoms with Crippen LogP contribution in [0.15, 0.2) is 28.7 Å². The third-order valence-electron chi connectivity index (χ3n) is 5.12. The number of ether oxygens (including phenoxy) is 1. The number of benzene rings is 1. The van der Waals surface area contributed by atoms with Crippen molar-refractivity contribution in [3.63, 3.8) is 0 Å². The number of hydrogen-bond donors (Lipinski definition) is 1. The van der Waals surface area contributed by atoms with Crippen LogP contribution in [0.3, 0.4) is 0 Å². The molecule has 7 heteroatoms. The second-order valence-corrected chi connectivity index (χ2v) is 7.15. The Hall–Kier alpha value is -2.67. The van der Waals surface area contributed by atoms with Crippen LogP contribution < -0.4 is 10.2 Å². The maximum Gasteiger partial charge on any atom is 0.289 e. The van der Waals surface area contributed by atoms with E-state index in [9.17, 15) is 4.79 Å². The molecule has 1 N–H and O–H groups in total. The van der Waals surface area contributed by atoms with E-state index in [1.54, 1.807) is 7.11 Å². The van der Waals surface area contributed by atoms with Crippen molar-refractivity contribution in [1.82, 2.24) is 15.3 Å². The van der Waals surface area contributed by atoms with E-state index in [1.165, 1.54) is 12.8 Å². The van der Waals surface area contributed by atoms with Gasteiger partial charge in [0.25, 0.3) is 5.91 Å². The molecule has 28 heavy (non-hydrogen) atoms. The lowest BCUT2D eigenvalue weighted by atomic mass is 10.2. The van der Waals surface area contributed by atoms with Gasteiger partial charge >= 0.3 is 0 Å². The molecule has 3 heterocycles. The number of hydrogen-bond acceptors (Lipinski definition) is 6. The van der Waals surface area contributed by atoms with E-state index in [0.717, 1.165) is 49.1 Å². The van der Waals surface area contributed by atoms with E-state index in [-0.39, 0.29) is 11.7 Å². The van der Waals surface area contributed by atoms with E-state index in [4.69, 9.17) is 9.15 Å². The fourth-order valence-electron chi connectivity index (χ4n) is 3.67. The zero-order valence-electron chi connectivity index (χ0n) is 16.2. The molecule has 1 amide bonds. The van der Waals surface area contributed by atoms with Gasteiger partial charge in [0.05, 0.1) is 0 Å². The maximum absolute atomic E-state index is 12.7. The number of rotatable bonds is 6. The van der Waals surface area contributed by atoms with Gasteiger partial charge in [-0.15, -0.1) is 0 Å². The lowest BCUT2D eigenvalue weighted by Gasteiger charge is -2.21. The molecular weight excluding hydrogens is 356 g/mol. The third-order valence-corrected chi connectivity index (χ3v) is 5.12. The van der Waals surface area contributed by atoms with Crippen molar-refractivity contribution in [2.45, 2.75) is 32.1 Å². The summed E-state index contributed by atoms with van der Waals surface area (Å²) in [5.41, 5.74) is 2.13. The molecule has 0 saturated carbocycles. The highest BCUT2D eigenvalue weighted by Crippen LogP contribution is 2.33. The summed E-state index contributed by atoms with van der Waals surface area (Å²) in [6, 6.07) is 7.79. The molecule has 3 aromatic rings. The number of furan rings is 1. The van der Waals surface area contributed by atoms with Gasteiger partial charge in [-0.05, 0) is 31.4 Å². The van der Waals surface area contributed by atoms with Crippen LogP contribution in [0.4, 0.5) is 5.82 Å². The van der Waals surface area contributed by atoms with E-state index < -0.39 is 0 Å². The molecule has 0 unspecified atom stereocenters.